The molecule has 1 saturated carbocycles. The van der Waals surface area contributed by atoms with Crippen LogP contribution in [0.5, 0.6) is 17.2 Å². The van der Waals surface area contributed by atoms with E-state index in [2.05, 4.69) is 5.32 Å². The maximum absolute atomic E-state index is 12.1. The van der Waals surface area contributed by atoms with Gasteiger partial charge in [-0.15, -0.1) is 0 Å². The average molecular weight is 355 g/mol. The first-order valence-electron chi connectivity index (χ1n) is 8.25. The summed E-state index contributed by atoms with van der Waals surface area (Å²) >= 11 is 0. The lowest BCUT2D eigenvalue weighted by molar-refractivity contribution is -0.139. The van der Waals surface area contributed by atoms with Gasteiger partial charge in [-0.2, -0.15) is 0 Å². The second kappa shape index (κ2) is 6.59. The van der Waals surface area contributed by atoms with Crippen molar-refractivity contribution in [1.29, 1.82) is 0 Å². The van der Waals surface area contributed by atoms with E-state index >= 15 is 0 Å². The van der Waals surface area contributed by atoms with Crippen LogP contribution in [0.2, 0.25) is 0 Å². The van der Waals surface area contributed by atoms with Gasteiger partial charge in [0, 0.05) is 11.8 Å². The van der Waals surface area contributed by atoms with E-state index in [0.29, 0.717) is 36.0 Å². The minimum absolute atomic E-state index is 0.213. The number of fused-ring (bicyclic) bond motifs is 1. The van der Waals surface area contributed by atoms with E-state index < -0.39 is 17.8 Å². The third kappa shape index (κ3) is 3.42. The van der Waals surface area contributed by atoms with Crippen LogP contribution >= 0.6 is 0 Å². The van der Waals surface area contributed by atoms with Crippen molar-refractivity contribution in [3.63, 3.8) is 0 Å². The summed E-state index contributed by atoms with van der Waals surface area (Å²) in [7, 11) is 0. The fourth-order valence-electron chi connectivity index (χ4n) is 2.86. The Morgan fingerprint density at radius 1 is 1.12 bits per heavy atom. The predicted octanol–water partition coefficient (Wildman–Crippen LogP) is 2.65. The summed E-state index contributed by atoms with van der Waals surface area (Å²) in [6.07, 6.45) is 0.397. The van der Waals surface area contributed by atoms with Crippen molar-refractivity contribution >= 4 is 17.6 Å². The van der Waals surface area contributed by atoms with Crippen molar-refractivity contribution in [2.75, 3.05) is 12.1 Å². The number of carboxylic acid groups (broad SMARTS) is 1. The molecule has 7 nitrogen and oxygen atoms in total. The molecular weight excluding hydrogens is 338 g/mol. The van der Waals surface area contributed by atoms with Gasteiger partial charge in [0.15, 0.2) is 11.5 Å². The first-order chi connectivity index (χ1) is 12.6. The second-order valence-electron chi connectivity index (χ2n) is 6.28. The Kier molecular flexibility index (Phi) is 4.12. The van der Waals surface area contributed by atoms with Crippen LogP contribution in [0.15, 0.2) is 42.5 Å². The van der Waals surface area contributed by atoms with E-state index in [1.54, 1.807) is 24.3 Å². The predicted molar refractivity (Wildman–Crippen MR) is 91.2 cm³/mol. The average Bonchev–Trinajstić information content (AvgIpc) is 3.31. The maximum Gasteiger partial charge on any atom is 0.307 e. The number of aliphatic carboxylic acids is 1. The Bertz CT molecular complexity index is 865. The van der Waals surface area contributed by atoms with Gasteiger partial charge in [0.05, 0.1) is 11.8 Å². The molecule has 7 heteroatoms. The highest BCUT2D eigenvalue weighted by Gasteiger charge is 2.48. The minimum Gasteiger partial charge on any atom is -0.489 e. The number of carbonyl (C=O) groups is 2. The highest BCUT2D eigenvalue weighted by Crippen LogP contribution is 2.39. The van der Waals surface area contributed by atoms with Crippen LogP contribution in [0, 0.1) is 11.8 Å². The molecule has 2 N–H and O–H groups in total. The Labute approximate surface area is 149 Å². The third-order valence-corrected chi connectivity index (χ3v) is 4.39. The van der Waals surface area contributed by atoms with Crippen molar-refractivity contribution in [2.45, 2.75) is 13.0 Å². The number of nitrogens with one attached hydrogen (secondary N) is 1. The number of benzene rings is 2. The van der Waals surface area contributed by atoms with Gasteiger partial charge in [0.2, 0.25) is 12.7 Å². The summed E-state index contributed by atoms with van der Waals surface area (Å²) in [4.78, 5) is 22.9. The second-order valence-corrected chi connectivity index (χ2v) is 6.28. The molecule has 0 spiro atoms. The molecule has 26 heavy (non-hydrogen) atoms. The first-order valence-corrected chi connectivity index (χ1v) is 8.25. The van der Waals surface area contributed by atoms with Crippen LogP contribution in [0.25, 0.3) is 0 Å². The maximum atomic E-state index is 12.1. The number of amides is 1. The number of ether oxygens (including phenoxy) is 3. The van der Waals surface area contributed by atoms with Gasteiger partial charge in [-0.1, -0.05) is 12.1 Å². The molecule has 1 amide bonds. The lowest BCUT2D eigenvalue weighted by Crippen LogP contribution is -2.16. The summed E-state index contributed by atoms with van der Waals surface area (Å²) < 4.78 is 16.3. The number of rotatable bonds is 6. The molecule has 1 aliphatic carbocycles. The van der Waals surface area contributed by atoms with E-state index in [4.69, 9.17) is 19.3 Å². The standard InChI is InChI=1S/C19H17NO6/c21-18(14-8-15(14)19(22)23)20-12-3-1-2-11(6-12)9-24-13-4-5-16-17(7-13)26-10-25-16/h1-7,14-15H,8-10H2,(H,20,21)(H,22,23). The highest BCUT2D eigenvalue weighted by atomic mass is 16.7. The van der Waals surface area contributed by atoms with E-state index in [1.165, 1.54) is 0 Å². The van der Waals surface area contributed by atoms with Crippen LogP contribution in [-0.2, 0) is 16.2 Å². The van der Waals surface area contributed by atoms with Gasteiger partial charge in [-0.05, 0) is 36.2 Å². The van der Waals surface area contributed by atoms with Crippen molar-refractivity contribution < 1.29 is 28.9 Å². The van der Waals surface area contributed by atoms with Crippen LogP contribution in [0.4, 0.5) is 5.69 Å². The van der Waals surface area contributed by atoms with Gasteiger partial charge in [0.25, 0.3) is 0 Å². The zero-order valence-electron chi connectivity index (χ0n) is 13.8. The van der Waals surface area contributed by atoms with Gasteiger partial charge < -0.3 is 24.6 Å². The molecule has 1 fully saturated rings. The van der Waals surface area contributed by atoms with Crippen LogP contribution in [-0.4, -0.2) is 23.8 Å². The molecule has 2 aromatic carbocycles. The first kappa shape index (κ1) is 16.3. The number of anilines is 1. The molecular formula is C19H17NO6. The molecule has 2 unspecified atom stereocenters. The van der Waals surface area contributed by atoms with Gasteiger partial charge >= 0.3 is 5.97 Å². The number of hydrogen-bond donors (Lipinski definition) is 2. The Morgan fingerprint density at radius 2 is 1.96 bits per heavy atom. The van der Waals surface area contributed by atoms with Crippen LogP contribution in [0.3, 0.4) is 0 Å². The topological polar surface area (TPSA) is 94.1 Å². The van der Waals surface area contributed by atoms with E-state index in [1.807, 2.05) is 18.2 Å². The lowest BCUT2D eigenvalue weighted by atomic mass is 10.2. The van der Waals surface area contributed by atoms with E-state index in [-0.39, 0.29) is 12.7 Å². The normalized spacial score (nSPS) is 19.7. The van der Waals surface area contributed by atoms with E-state index in [9.17, 15) is 9.59 Å². The minimum atomic E-state index is -0.920. The molecule has 2 aliphatic rings. The van der Waals surface area contributed by atoms with Crippen LogP contribution < -0.4 is 19.5 Å². The van der Waals surface area contributed by atoms with Crippen molar-refractivity contribution in [2.24, 2.45) is 11.8 Å². The molecule has 0 radical (unpaired) electrons. The Hall–Kier alpha value is -3.22. The largest absolute Gasteiger partial charge is 0.489 e. The molecule has 2 atom stereocenters. The molecule has 0 aromatic heterocycles. The number of hydrogen-bond acceptors (Lipinski definition) is 5. The van der Waals surface area contributed by atoms with Crippen molar-refractivity contribution in [1.82, 2.24) is 0 Å². The van der Waals surface area contributed by atoms with Crippen LogP contribution in [0.1, 0.15) is 12.0 Å². The fourth-order valence-corrected chi connectivity index (χ4v) is 2.86. The third-order valence-electron chi connectivity index (χ3n) is 4.39. The Morgan fingerprint density at radius 3 is 2.77 bits per heavy atom. The van der Waals surface area contributed by atoms with Gasteiger partial charge in [0.1, 0.15) is 12.4 Å². The number of carboxylic acids is 1. The van der Waals surface area contributed by atoms with E-state index in [0.717, 1.165) is 5.56 Å². The zero-order chi connectivity index (χ0) is 18.1. The van der Waals surface area contributed by atoms with Crippen molar-refractivity contribution in [3.05, 3.63) is 48.0 Å². The molecule has 134 valence electrons. The summed E-state index contributed by atoms with van der Waals surface area (Å²) in [5.74, 6) is -0.176. The molecule has 4 rings (SSSR count). The molecule has 1 aliphatic heterocycles. The quantitative estimate of drug-likeness (QED) is 0.827. The monoisotopic (exact) mass is 355 g/mol. The van der Waals surface area contributed by atoms with Crippen molar-refractivity contribution in [3.8, 4) is 17.2 Å². The summed E-state index contributed by atoms with van der Waals surface area (Å²) in [6, 6.07) is 12.6. The zero-order valence-corrected chi connectivity index (χ0v) is 13.8. The summed E-state index contributed by atoms with van der Waals surface area (Å²) in [6.45, 7) is 0.537. The molecule has 1 heterocycles. The lowest BCUT2D eigenvalue weighted by Gasteiger charge is -2.09. The summed E-state index contributed by atoms with van der Waals surface area (Å²) in [5.41, 5.74) is 1.50. The smallest absolute Gasteiger partial charge is 0.307 e. The molecule has 0 bridgehead atoms. The molecule has 2 aromatic rings. The summed E-state index contributed by atoms with van der Waals surface area (Å²) in [5, 5.41) is 11.7. The SMILES string of the molecule is O=C(O)C1CC1C(=O)Nc1cccc(COc2ccc3c(c2)OCO3)c1. The molecule has 0 saturated heterocycles. The highest BCUT2D eigenvalue weighted by molar-refractivity contribution is 5.98. The van der Waals surface area contributed by atoms with Gasteiger partial charge in [-0.25, -0.2) is 0 Å². The number of carbonyl (C=O) groups excluding carboxylic acids is 1. The van der Waals surface area contributed by atoms with Gasteiger partial charge in [-0.3, -0.25) is 9.59 Å². The fraction of sp³-hybridized carbons (Fsp3) is 0.263. The Balaban J connectivity index is 1.35.